The zero-order valence-electron chi connectivity index (χ0n) is 18.1. The highest BCUT2D eigenvalue weighted by molar-refractivity contribution is 5.86. The van der Waals surface area contributed by atoms with Crippen molar-refractivity contribution in [3.63, 3.8) is 0 Å². The number of aliphatic hydroxyl groups is 1. The Balaban J connectivity index is 1.34. The Bertz CT molecular complexity index is 828. The molecular weight excluding hydrogens is 402 g/mol. The molecule has 5 aliphatic rings. The van der Waals surface area contributed by atoms with E-state index in [1.54, 1.807) is 5.06 Å². The average molecular weight is 434 g/mol. The predicted octanol–water partition coefficient (Wildman–Crippen LogP) is 1.85. The lowest BCUT2D eigenvalue weighted by atomic mass is 9.61. The fraction of sp³-hybridized carbons (Fsp3) is 0.727. The Morgan fingerprint density at radius 3 is 2.97 bits per heavy atom. The Morgan fingerprint density at radius 2 is 2.19 bits per heavy atom. The third-order valence-corrected chi connectivity index (χ3v) is 7.47. The number of rotatable bonds is 3. The molecule has 31 heavy (non-hydrogen) atoms. The van der Waals surface area contributed by atoms with Crippen molar-refractivity contribution >= 4 is 12.0 Å². The first-order valence-corrected chi connectivity index (χ1v) is 11.3. The molecule has 2 fully saturated rings. The van der Waals surface area contributed by atoms with Crippen molar-refractivity contribution in [1.29, 1.82) is 0 Å². The van der Waals surface area contributed by atoms with E-state index < -0.39 is 18.2 Å². The van der Waals surface area contributed by atoms with Gasteiger partial charge in [0.25, 0.3) is 5.91 Å². The summed E-state index contributed by atoms with van der Waals surface area (Å²) in [6.07, 6.45) is 7.73. The zero-order valence-corrected chi connectivity index (χ0v) is 18.1. The minimum Gasteiger partial charge on any atom is -0.493 e. The van der Waals surface area contributed by atoms with Crippen molar-refractivity contribution in [2.45, 2.75) is 63.7 Å². The van der Waals surface area contributed by atoms with Gasteiger partial charge < -0.3 is 20.0 Å². The molecule has 9 nitrogen and oxygen atoms in total. The average Bonchev–Trinajstić information content (AvgIpc) is 3.17. The van der Waals surface area contributed by atoms with Crippen LogP contribution in [0.2, 0.25) is 0 Å². The number of amides is 2. The number of hydrogen-bond acceptors (Lipinski definition) is 7. The molecule has 1 saturated heterocycles. The van der Waals surface area contributed by atoms with Gasteiger partial charge >= 0.3 is 6.09 Å². The highest BCUT2D eigenvalue weighted by Gasteiger charge is 2.56. The SMILES string of the molecule is CON1CC[C@H](NC(=O)ON2C=CC34CC(C)CC[C@H]3OC3=C4[C@H](C[C@@H](O)C3)C2)C1=O. The first kappa shape index (κ1) is 20.6. The highest BCUT2D eigenvalue weighted by Crippen LogP contribution is 2.59. The van der Waals surface area contributed by atoms with Crippen molar-refractivity contribution in [3.8, 4) is 0 Å². The summed E-state index contributed by atoms with van der Waals surface area (Å²) in [5.74, 6) is 1.29. The van der Waals surface area contributed by atoms with Gasteiger partial charge in [-0.15, -0.1) is 0 Å². The summed E-state index contributed by atoms with van der Waals surface area (Å²) in [5, 5.41) is 15.9. The quantitative estimate of drug-likeness (QED) is 0.701. The van der Waals surface area contributed by atoms with Gasteiger partial charge in [0.1, 0.15) is 12.1 Å². The predicted molar refractivity (Wildman–Crippen MR) is 109 cm³/mol. The number of nitrogens with one attached hydrogen (secondary N) is 1. The van der Waals surface area contributed by atoms with E-state index in [4.69, 9.17) is 14.4 Å². The van der Waals surface area contributed by atoms with E-state index >= 15 is 0 Å². The van der Waals surface area contributed by atoms with Crippen molar-refractivity contribution < 1.29 is 29.1 Å². The number of carbonyl (C=O) groups excluding carboxylic acids is 2. The van der Waals surface area contributed by atoms with Gasteiger partial charge in [0.05, 0.1) is 37.5 Å². The van der Waals surface area contributed by atoms with Gasteiger partial charge in [0.2, 0.25) is 0 Å². The number of hydroxylamine groups is 4. The van der Waals surface area contributed by atoms with Crippen LogP contribution in [0.4, 0.5) is 4.79 Å². The first-order chi connectivity index (χ1) is 14.9. The van der Waals surface area contributed by atoms with E-state index in [-0.39, 0.29) is 23.3 Å². The Labute approximate surface area is 181 Å². The second-order valence-electron chi connectivity index (χ2n) is 9.56. The van der Waals surface area contributed by atoms with E-state index in [0.29, 0.717) is 38.3 Å². The van der Waals surface area contributed by atoms with Crippen molar-refractivity contribution in [2.24, 2.45) is 17.3 Å². The lowest BCUT2D eigenvalue weighted by molar-refractivity contribution is -0.168. The summed E-state index contributed by atoms with van der Waals surface area (Å²) < 4.78 is 6.36. The molecular formula is C22H31N3O6. The number of ether oxygens (including phenoxy) is 1. The minimum absolute atomic E-state index is 0.0499. The lowest BCUT2D eigenvalue weighted by Crippen LogP contribution is -2.43. The maximum absolute atomic E-state index is 12.5. The zero-order chi connectivity index (χ0) is 21.8. The summed E-state index contributed by atoms with van der Waals surface area (Å²) >= 11 is 0. The molecule has 170 valence electrons. The third kappa shape index (κ3) is 3.47. The largest absolute Gasteiger partial charge is 0.493 e. The van der Waals surface area contributed by atoms with Crippen LogP contribution in [0.15, 0.2) is 23.6 Å². The molecule has 9 heteroatoms. The minimum atomic E-state index is -0.666. The third-order valence-electron chi connectivity index (χ3n) is 7.47. The van der Waals surface area contributed by atoms with Crippen LogP contribution in [-0.2, 0) is 19.2 Å². The van der Waals surface area contributed by atoms with Crippen LogP contribution in [-0.4, -0.2) is 65.7 Å². The normalized spacial score (nSPS) is 39.1. The molecule has 6 atom stereocenters. The van der Waals surface area contributed by atoms with Crippen LogP contribution in [0.25, 0.3) is 0 Å². The number of carbonyl (C=O) groups is 2. The molecule has 1 spiro atoms. The maximum Gasteiger partial charge on any atom is 0.432 e. The van der Waals surface area contributed by atoms with E-state index in [1.807, 2.05) is 6.20 Å². The maximum atomic E-state index is 12.5. The van der Waals surface area contributed by atoms with Gasteiger partial charge in [-0.1, -0.05) is 13.0 Å². The van der Waals surface area contributed by atoms with E-state index in [0.717, 1.165) is 25.0 Å². The molecule has 0 bridgehead atoms. The molecule has 0 aromatic heterocycles. The summed E-state index contributed by atoms with van der Waals surface area (Å²) in [4.78, 5) is 35.3. The second-order valence-corrected chi connectivity index (χ2v) is 9.56. The highest BCUT2D eigenvalue weighted by atomic mass is 16.7. The molecule has 2 N–H and O–H groups in total. The number of aliphatic hydroxyl groups excluding tert-OH is 1. The van der Waals surface area contributed by atoms with Crippen LogP contribution in [0.1, 0.15) is 45.4 Å². The second kappa shape index (κ2) is 7.70. The van der Waals surface area contributed by atoms with Crippen LogP contribution >= 0.6 is 0 Å². The lowest BCUT2D eigenvalue weighted by Gasteiger charge is -2.41. The van der Waals surface area contributed by atoms with Crippen LogP contribution in [0, 0.1) is 17.3 Å². The number of nitrogens with zero attached hydrogens (tertiary/aromatic N) is 2. The van der Waals surface area contributed by atoms with E-state index in [2.05, 4.69) is 18.3 Å². The fourth-order valence-corrected chi connectivity index (χ4v) is 6.19. The van der Waals surface area contributed by atoms with E-state index in [9.17, 15) is 14.7 Å². The van der Waals surface area contributed by atoms with Crippen molar-refractivity contribution in [3.05, 3.63) is 23.6 Å². The van der Waals surface area contributed by atoms with Crippen LogP contribution in [0.3, 0.4) is 0 Å². The molecule has 0 aromatic rings. The summed E-state index contributed by atoms with van der Waals surface area (Å²) in [6.45, 7) is 3.16. The van der Waals surface area contributed by atoms with Crippen molar-refractivity contribution in [2.75, 3.05) is 20.2 Å². The summed E-state index contributed by atoms with van der Waals surface area (Å²) in [5.41, 5.74) is 1.10. The molecule has 0 aromatic carbocycles. The summed E-state index contributed by atoms with van der Waals surface area (Å²) in [7, 11) is 1.43. The fourth-order valence-electron chi connectivity index (χ4n) is 6.19. The molecule has 2 unspecified atom stereocenters. The Kier molecular flexibility index (Phi) is 5.13. The van der Waals surface area contributed by atoms with Gasteiger partial charge in [-0.05, 0) is 43.6 Å². The molecule has 2 aliphatic carbocycles. The molecule has 2 amide bonds. The van der Waals surface area contributed by atoms with E-state index in [1.165, 1.54) is 17.7 Å². The van der Waals surface area contributed by atoms with Crippen molar-refractivity contribution in [1.82, 2.24) is 15.4 Å². The Morgan fingerprint density at radius 1 is 1.35 bits per heavy atom. The first-order valence-electron chi connectivity index (χ1n) is 11.3. The van der Waals surface area contributed by atoms with Gasteiger partial charge in [0.15, 0.2) is 0 Å². The van der Waals surface area contributed by atoms with Gasteiger partial charge in [-0.25, -0.2) is 14.9 Å². The standard InChI is InChI=1S/C22H31N3O6/c1-13-3-4-18-22(11-13)6-8-24(12-14-9-15(26)10-17(30-18)19(14)22)31-21(28)23-16-5-7-25(29-2)20(16)27/h6,8,13-16,18,26H,3-5,7,9-12H2,1-2H3,(H,23,28)/t13?,14-,15-,16+,18-,22?/m1/s1. The molecule has 1 saturated carbocycles. The monoisotopic (exact) mass is 433 g/mol. The molecule has 3 aliphatic heterocycles. The Hall–Kier alpha value is -2.26. The van der Waals surface area contributed by atoms with Gasteiger partial charge in [-0.3, -0.25) is 9.63 Å². The summed E-state index contributed by atoms with van der Waals surface area (Å²) in [6, 6.07) is -0.649. The topological polar surface area (TPSA) is 101 Å². The molecule has 5 rings (SSSR count). The van der Waals surface area contributed by atoms with Gasteiger partial charge in [0, 0.05) is 18.5 Å². The number of hydrogen-bond donors (Lipinski definition) is 2. The van der Waals surface area contributed by atoms with Crippen LogP contribution < -0.4 is 5.32 Å². The molecule has 3 heterocycles. The van der Waals surface area contributed by atoms with Crippen LogP contribution in [0.5, 0.6) is 0 Å². The smallest absolute Gasteiger partial charge is 0.432 e. The molecule has 0 radical (unpaired) electrons. The van der Waals surface area contributed by atoms with Gasteiger partial charge in [-0.2, -0.15) is 0 Å².